The number of rotatable bonds is 6. The zero-order chi connectivity index (χ0) is 21.9. The fourth-order valence-electron chi connectivity index (χ4n) is 2.73. The fourth-order valence-corrected chi connectivity index (χ4v) is 4.10. The summed E-state index contributed by atoms with van der Waals surface area (Å²) in [5.41, 5.74) is 0.785. The summed E-state index contributed by atoms with van der Waals surface area (Å²) < 4.78 is 26.6. The Morgan fingerprint density at radius 2 is 1.73 bits per heavy atom. The molecule has 1 heterocycles. The lowest BCUT2D eigenvalue weighted by Gasteiger charge is -2.10. The van der Waals surface area contributed by atoms with Crippen molar-refractivity contribution in [2.45, 2.75) is 36.2 Å². The summed E-state index contributed by atoms with van der Waals surface area (Å²) in [5, 5.41) is 6.50. The van der Waals surface area contributed by atoms with Crippen LogP contribution in [0.4, 0.5) is 5.69 Å². The van der Waals surface area contributed by atoms with E-state index >= 15 is 0 Å². The maximum absolute atomic E-state index is 12.9. The van der Waals surface area contributed by atoms with E-state index < -0.39 is 27.8 Å². The van der Waals surface area contributed by atoms with Gasteiger partial charge in [0.25, 0.3) is 5.56 Å². The molecule has 0 unspecified atom stereocenters. The van der Waals surface area contributed by atoms with Crippen LogP contribution in [0.5, 0.6) is 0 Å². The van der Waals surface area contributed by atoms with Gasteiger partial charge in [-0.25, -0.2) is 13.1 Å². The highest BCUT2D eigenvalue weighted by Gasteiger charge is 2.21. The van der Waals surface area contributed by atoms with Gasteiger partial charge in [0.1, 0.15) is 6.54 Å². The number of carbonyl (C=O) groups excluding carboxylic acids is 1. The van der Waals surface area contributed by atoms with Crippen LogP contribution in [-0.2, 0) is 21.2 Å². The van der Waals surface area contributed by atoms with Crippen molar-refractivity contribution < 1.29 is 13.2 Å². The number of hydrogen-bond donors (Lipinski definition) is 1. The average molecular weight is 446 g/mol. The van der Waals surface area contributed by atoms with E-state index in [4.69, 9.17) is 11.6 Å². The SMILES string of the molecule is CC(C)c1ccc(S(=O)(=O)c2ccc(=O)n(CC(=O)Nc3ccccc3Cl)n2)cc1. The van der Waals surface area contributed by atoms with E-state index in [2.05, 4.69) is 10.4 Å². The first-order valence-corrected chi connectivity index (χ1v) is 11.0. The van der Waals surface area contributed by atoms with Crippen molar-refractivity contribution in [3.8, 4) is 0 Å². The number of sulfone groups is 1. The molecule has 0 aliphatic heterocycles. The van der Waals surface area contributed by atoms with Crippen molar-refractivity contribution in [3.05, 3.63) is 81.6 Å². The summed E-state index contributed by atoms with van der Waals surface area (Å²) in [4.78, 5) is 24.5. The summed E-state index contributed by atoms with van der Waals surface area (Å²) in [5.74, 6) is -0.299. The van der Waals surface area contributed by atoms with Crippen LogP contribution in [0, 0.1) is 0 Å². The lowest BCUT2D eigenvalue weighted by atomic mass is 10.0. The number of benzene rings is 2. The molecule has 7 nitrogen and oxygen atoms in total. The summed E-state index contributed by atoms with van der Waals surface area (Å²) >= 11 is 6.01. The van der Waals surface area contributed by atoms with Gasteiger partial charge in [-0.2, -0.15) is 5.10 Å². The molecule has 30 heavy (non-hydrogen) atoms. The van der Waals surface area contributed by atoms with Crippen LogP contribution >= 0.6 is 11.6 Å². The minimum atomic E-state index is -3.95. The molecule has 0 fully saturated rings. The van der Waals surface area contributed by atoms with E-state index in [1.54, 1.807) is 36.4 Å². The third-order valence-corrected chi connectivity index (χ3v) is 6.41. The molecule has 156 valence electrons. The molecule has 1 amide bonds. The van der Waals surface area contributed by atoms with E-state index in [-0.39, 0.29) is 15.8 Å². The minimum Gasteiger partial charge on any atom is -0.323 e. The Labute approximate surface area is 179 Å². The van der Waals surface area contributed by atoms with Gasteiger partial charge >= 0.3 is 0 Å². The van der Waals surface area contributed by atoms with Crippen molar-refractivity contribution >= 4 is 33.0 Å². The van der Waals surface area contributed by atoms with Crippen LogP contribution in [0.25, 0.3) is 0 Å². The first kappa shape index (κ1) is 21.7. The van der Waals surface area contributed by atoms with E-state index in [9.17, 15) is 18.0 Å². The molecule has 0 aliphatic rings. The van der Waals surface area contributed by atoms with Crippen LogP contribution in [0.2, 0.25) is 5.02 Å². The van der Waals surface area contributed by atoms with Crippen LogP contribution < -0.4 is 10.9 Å². The molecule has 0 radical (unpaired) electrons. The topological polar surface area (TPSA) is 98.1 Å². The number of halogens is 1. The van der Waals surface area contributed by atoms with Crippen molar-refractivity contribution in [2.24, 2.45) is 0 Å². The number of amides is 1. The minimum absolute atomic E-state index is 0.0603. The Morgan fingerprint density at radius 3 is 2.37 bits per heavy atom. The highest BCUT2D eigenvalue weighted by Crippen LogP contribution is 2.22. The lowest BCUT2D eigenvalue weighted by molar-refractivity contribution is -0.117. The predicted molar refractivity (Wildman–Crippen MR) is 115 cm³/mol. The second kappa shape index (κ2) is 8.81. The van der Waals surface area contributed by atoms with Crippen LogP contribution in [0.3, 0.4) is 0 Å². The maximum Gasteiger partial charge on any atom is 0.267 e. The predicted octanol–water partition coefficient (Wildman–Crippen LogP) is 3.49. The molecule has 0 spiro atoms. The van der Waals surface area contributed by atoms with Gasteiger partial charge in [-0.1, -0.05) is 49.7 Å². The Hall–Kier alpha value is -2.97. The number of carbonyl (C=O) groups is 1. The molecule has 3 aromatic rings. The number of para-hydroxylation sites is 1. The zero-order valence-electron chi connectivity index (χ0n) is 16.4. The molecule has 0 bridgehead atoms. The number of nitrogens with zero attached hydrogens (tertiary/aromatic N) is 2. The molecular formula is C21H20ClN3O4S. The number of hydrogen-bond acceptors (Lipinski definition) is 5. The number of aromatic nitrogens is 2. The maximum atomic E-state index is 12.9. The second-order valence-corrected chi connectivity index (χ2v) is 9.23. The molecule has 3 rings (SSSR count). The number of nitrogens with one attached hydrogen (secondary N) is 1. The van der Waals surface area contributed by atoms with Crippen LogP contribution in [-0.4, -0.2) is 24.1 Å². The van der Waals surface area contributed by atoms with Gasteiger partial charge in [-0.05, 0) is 41.8 Å². The highest BCUT2D eigenvalue weighted by molar-refractivity contribution is 7.91. The van der Waals surface area contributed by atoms with Crippen molar-refractivity contribution in [1.82, 2.24) is 9.78 Å². The monoisotopic (exact) mass is 445 g/mol. The fraction of sp³-hybridized carbons (Fsp3) is 0.190. The Bertz CT molecular complexity index is 1240. The van der Waals surface area contributed by atoms with Crippen LogP contribution in [0.15, 0.2) is 75.4 Å². The molecule has 0 aliphatic carbocycles. The summed E-state index contributed by atoms with van der Waals surface area (Å²) in [6.45, 7) is 3.56. The lowest BCUT2D eigenvalue weighted by Crippen LogP contribution is -2.30. The first-order chi connectivity index (χ1) is 14.2. The van der Waals surface area contributed by atoms with E-state index in [0.29, 0.717) is 10.7 Å². The molecular weight excluding hydrogens is 426 g/mol. The third-order valence-electron chi connectivity index (χ3n) is 4.42. The van der Waals surface area contributed by atoms with Crippen molar-refractivity contribution in [2.75, 3.05) is 5.32 Å². The molecule has 1 N–H and O–H groups in total. The van der Waals surface area contributed by atoms with Gasteiger partial charge < -0.3 is 5.32 Å². The Kier molecular flexibility index (Phi) is 6.38. The zero-order valence-corrected chi connectivity index (χ0v) is 17.9. The Balaban J connectivity index is 1.86. The quantitative estimate of drug-likeness (QED) is 0.626. The van der Waals surface area contributed by atoms with Crippen molar-refractivity contribution in [1.29, 1.82) is 0 Å². The molecule has 0 saturated heterocycles. The van der Waals surface area contributed by atoms with Crippen LogP contribution in [0.1, 0.15) is 25.3 Å². The van der Waals surface area contributed by atoms with E-state index in [0.717, 1.165) is 22.4 Å². The second-order valence-electron chi connectivity index (χ2n) is 6.92. The standard InChI is InChI=1S/C21H20ClN3O4S/c1-14(2)15-7-9-16(10-8-15)30(28,29)20-11-12-21(27)25(24-20)13-19(26)23-18-6-4-3-5-17(18)22/h3-12,14H,13H2,1-2H3,(H,23,26). The first-order valence-electron chi connectivity index (χ1n) is 9.16. The van der Waals surface area contributed by atoms with E-state index in [1.165, 1.54) is 12.1 Å². The molecule has 0 saturated carbocycles. The highest BCUT2D eigenvalue weighted by atomic mass is 35.5. The molecule has 9 heteroatoms. The largest absolute Gasteiger partial charge is 0.323 e. The Morgan fingerprint density at radius 1 is 1.07 bits per heavy atom. The molecule has 1 aromatic heterocycles. The van der Waals surface area contributed by atoms with Crippen molar-refractivity contribution in [3.63, 3.8) is 0 Å². The van der Waals surface area contributed by atoms with Gasteiger partial charge in [0, 0.05) is 6.07 Å². The third kappa shape index (κ3) is 4.77. The normalized spacial score (nSPS) is 11.5. The summed E-state index contributed by atoms with van der Waals surface area (Å²) in [6.07, 6.45) is 0. The van der Waals surface area contributed by atoms with E-state index in [1.807, 2.05) is 13.8 Å². The van der Waals surface area contributed by atoms with Gasteiger partial charge in [0.05, 0.1) is 15.6 Å². The average Bonchev–Trinajstić information content (AvgIpc) is 2.71. The number of anilines is 1. The molecule has 0 atom stereocenters. The van der Waals surface area contributed by atoms with Gasteiger partial charge in [-0.15, -0.1) is 0 Å². The summed E-state index contributed by atoms with van der Waals surface area (Å²) in [7, 11) is -3.95. The van der Waals surface area contributed by atoms with Gasteiger partial charge in [-0.3, -0.25) is 9.59 Å². The molecule has 2 aromatic carbocycles. The van der Waals surface area contributed by atoms with Gasteiger partial charge in [0.15, 0.2) is 5.03 Å². The summed E-state index contributed by atoms with van der Waals surface area (Å²) in [6, 6.07) is 15.3. The van der Waals surface area contributed by atoms with Gasteiger partial charge in [0.2, 0.25) is 15.7 Å². The smallest absolute Gasteiger partial charge is 0.267 e.